The minimum atomic E-state index is -0.156. The van der Waals surface area contributed by atoms with Crippen LogP contribution < -0.4 is 5.56 Å². The number of amides is 1. The molecule has 2 heterocycles. The van der Waals surface area contributed by atoms with Gasteiger partial charge in [0.05, 0.1) is 17.2 Å². The Labute approximate surface area is 155 Å². The first-order chi connectivity index (χ1) is 12.1. The lowest BCUT2D eigenvalue weighted by atomic mass is 9.78. The average molecular weight is 404 g/mol. The Balaban J connectivity index is 1.59. The van der Waals surface area contributed by atoms with E-state index >= 15 is 0 Å². The van der Waals surface area contributed by atoms with Crippen molar-refractivity contribution in [2.24, 2.45) is 5.92 Å². The zero-order valence-corrected chi connectivity index (χ0v) is 15.7. The number of benzene rings is 1. The van der Waals surface area contributed by atoms with Gasteiger partial charge in [-0.2, -0.15) is 0 Å². The van der Waals surface area contributed by atoms with Crippen LogP contribution in [0.4, 0.5) is 0 Å². The molecule has 2 aromatic rings. The molecule has 0 unspecified atom stereocenters. The number of fused-ring (bicyclic) bond motifs is 2. The molecule has 4 rings (SSSR count). The number of carbonyl (C=O) groups is 1. The van der Waals surface area contributed by atoms with Gasteiger partial charge in [0.2, 0.25) is 5.91 Å². The van der Waals surface area contributed by atoms with E-state index < -0.39 is 0 Å². The van der Waals surface area contributed by atoms with Crippen LogP contribution in [-0.2, 0) is 11.3 Å². The van der Waals surface area contributed by atoms with Crippen LogP contribution >= 0.6 is 15.9 Å². The third-order valence-electron chi connectivity index (χ3n) is 5.66. The average Bonchev–Trinajstić information content (AvgIpc) is 2.64. The van der Waals surface area contributed by atoms with Gasteiger partial charge in [-0.1, -0.05) is 28.8 Å². The molecule has 6 heteroatoms. The van der Waals surface area contributed by atoms with Crippen LogP contribution in [0.5, 0.6) is 0 Å². The van der Waals surface area contributed by atoms with Crippen LogP contribution in [0.15, 0.2) is 33.8 Å². The second-order valence-electron chi connectivity index (χ2n) is 7.18. The van der Waals surface area contributed by atoms with Crippen molar-refractivity contribution in [2.45, 2.75) is 51.1 Å². The van der Waals surface area contributed by atoms with Gasteiger partial charge < -0.3 is 4.90 Å². The molecule has 0 spiro atoms. The van der Waals surface area contributed by atoms with Gasteiger partial charge in [-0.15, -0.1) is 0 Å². The molecule has 1 saturated carbocycles. The summed E-state index contributed by atoms with van der Waals surface area (Å²) in [7, 11) is 0. The number of likely N-dealkylation sites (tertiary alicyclic amines) is 1. The van der Waals surface area contributed by atoms with Crippen molar-refractivity contribution in [3.63, 3.8) is 0 Å². The van der Waals surface area contributed by atoms with E-state index in [0.29, 0.717) is 22.9 Å². The van der Waals surface area contributed by atoms with Gasteiger partial charge in [0.15, 0.2) is 0 Å². The van der Waals surface area contributed by atoms with Gasteiger partial charge in [0, 0.05) is 17.1 Å². The summed E-state index contributed by atoms with van der Waals surface area (Å²) in [6.07, 6.45) is 8.64. The highest BCUT2D eigenvalue weighted by molar-refractivity contribution is 9.10. The molecule has 2 atom stereocenters. The molecule has 1 aliphatic heterocycles. The number of piperidine rings is 1. The lowest BCUT2D eigenvalue weighted by molar-refractivity contribution is -0.138. The Morgan fingerprint density at radius 2 is 2.00 bits per heavy atom. The van der Waals surface area contributed by atoms with Crippen molar-refractivity contribution >= 4 is 32.7 Å². The van der Waals surface area contributed by atoms with Gasteiger partial charge in [0.1, 0.15) is 6.54 Å². The Hall–Kier alpha value is -1.69. The molecule has 5 nitrogen and oxygen atoms in total. The van der Waals surface area contributed by atoms with E-state index in [4.69, 9.17) is 0 Å². The standard InChI is InChI=1S/C19H22BrN3O2/c20-14-7-8-16-15(10-14)19(25)22(12-21-16)11-18(24)23-9-3-5-13-4-1-2-6-17(13)23/h7-8,10,12-13,17H,1-6,9,11H2/t13-,17-/m0/s1. The Kier molecular flexibility index (Phi) is 4.63. The van der Waals surface area contributed by atoms with Crippen LogP contribution in [0.1, 0.15) is 38.5 Å². The molecule has 1 aromatic carbocycles. The highest BCUT2D eigenvalue weighted by Gasteiger charge is 2.35. The summed E-state index contributed by atoms with van der Waals surface area (Å²) in [5.41, 5.74) is 0.499. The molecule has 0 N–H and O–H groups in total. The Morgan fingerprint density at radius 3 is 2.88 bits per heavy atom. The molecular weight excluding hydrogens is 382 g/mol. The van der Waals surface area contributed by atoms with Gasteiger partial charge in [-0.3, -0.25) is 14.2 Å². The Bertz CT molecular complexity index is 861. The molecule has 1 amide bonds. The maximum absolute atomic E-state index is 12.9. The number of nitrogens with zero attached hydrogens (tertiary/aromatic N) is 3. The molecule has 0 radical (unpaired) electrons. The van der Waals surface area contributed by atoms with Gasteiger partial charge in [-0.05, 0) is 49.8 Å². The third kappa shape index (κ3) is 3.24. The first kappa shape index (κ1) is 16.8. The predicted molar refractivity (Wildman–Crippen MR) is 100 cm³/mol. The van der Waals surface area contributed by atoms with Crippen LogP contribution in [0.2, 0.25) is 0 Å². The second-order valence-corrected chi connectivity index (χ2v) is 8.10. The number of hydrogen-bond acceptors (Lipinski definition) is 3. The smallest absolute Gasteiger partial charge is 0.261 e. The van der Waals surface area contributed by atoms with E-state index in [2.05, 4.69) is 20.9 Å². The minimum Gasteiger partial charge on any atom is -0.338 e. The zero-order valence-electron chi connectivity index (χ0n) is 14.2. The summed E-state index contributed by atoms with van der Waals surface area (Å²) in [5.74, 6) is 0.698. The predicted octanol–water partition coefficient (Wildman–Crippen LogP) is 3.34. The topological polar surface area (TPSA) is 55.2 Å². The number of hydrogen-bond donors (Lipinski definition) is 0. The first-order valence-electron chi connectivity index (χ1n) is 9.07. The van der Waals surface area contributed by atoms with E-state index in [0.717, 1.165) is 23.9 Å². The largest absolute Gasteiger partial charge is 0.338 e. The summed E-state index contributed by atoms with van der Waals surface area (Å²) in [4.78, 5) is 32.0. The molecule has 1 saturated heterocycles. The number of aromatic nitrogens is 2. The molecule has 2 aliphatic rings. The SMILES string of the molecule is O=C(Cn1cnc2ccc(Br)cc2c1=O)N1CCC[C@@H]2CCCC[C@@H]21. The van der Waals surface area contributed by atoms with E-state index in [9.17, 15) is 9.59 Å². The maximum atomic E-state index is 12.9. The molecule has 2 fully saturated rings. The zero-order chi connectivity index (χ0) is 17.4. The molecule has 1 aromatic heterocycles. The number of rotatable bonds is 2. The van der Waals surface area contributed by atoms with Crippen LogP contribution in [-0.4, -0.2) is 32.9 Å². The van der Waals surface area contributed by atoms with Crippen molar-refractivity contribution < 1.29 is 4.79 Å². The molecule has 25 heavy (non-hydrogen) atoms. The fourth-order valence-corrected chi connectivity index (χ4v) is 4.78. The Morgan fingerprint density at radius 1 is 1.20 bits per heavy atom. The van der Waals surface area contributed by atoms with Crippen molar-refractivity contribution in [2.75, 3.05) is 6.54 Å². The van der Waals surface area contributed by atoms with E-state index in [-0.39, 0.29) is 18.0 Å². The van der Waals surface area contributed by atoms with Crippen molar-refractivity contribution in [1.29, 1.82) is 0 Å². The second kappa shape index (κ2) is 6.90. The molecule has 0 bridgehead atoms. The monoisotopic (exact) mass is 403 g/mol. The summed E-state index contributed by atoms with van der Waals surface area (Å²) in [6.45, 7) is 0.902. The van der Waals surface area contributed by atoms with Gasteiger partial charge >= 0.3 is 0 Å². The normalized spacial score (nSPS) is 23.5. The van der Waals surface area contributed by atoms with Gasteiger partial charge in [0.25, 0.3) is 5.56 Å². The summed E-state index contributed by atoms with van der Waals surface area (Å²) < 4.78 is 2.29. The van der Waals surface area contributed by atoms with Crippen LogP contribution in [0.3, 0.4) is 0 Å². The summed E-state index contributed by atoms with van der Waals surface area (Å²) >= 11 is 3.39. The van der Waals surface area contributed by atoms with E-state index in [1.165, 1.54) is 36.6 Å². The van der Waals surface area contributed by atoms with Gasteiger partial charge in [-0.25, -0.2) is 4.98 Å². The minimum absolute atomic E-state index is 0.0508. The molecular formula is C19H22BrN3O2. The quantitative estimate of drug-likeness (QED) is 0.772. The van der Waals surface area contributed by atoms with Crippen molar-refractivity contribution in [3.8, 4) is 0 Å². The van der Waals surface area contributed by atoms with E-state index in [1.807, 2.05) is 17.0 Å². The fraction of sp³-hybridized carbons (Fsp3) is 0.526. The lowest BCUT2D eigenvalue weighted by Crippen LogP contribution is -2.51. The maximum Gasteiger partial charge on any atom is 0.261 e. The van der Waals surface area contributed by atoms with Crippen molar-refractivity contribution in [1.82, 2.24) is 14.5 Å². The fourth-order valence-electron chi connectivity index (χ4n) is 4.41. The number of halogens is 1. The third-order valence-corrected chi connectivity index (χ3v) is 6.15. The van der Waals surface area contributed by atoms with Crippen molar-refractivity contribution in [3.05, 3.63) is 39.4 Å². The highest BCUT2D eigenvalue weighted by Crippen LogP contribution is 2.35. The summed E-state index contributed by atoms with van der Waals surface area (Å²) in [6, 6.07) is 5.81. The lowest BCUT2D eigenvalue weighted by Gasteiger charge is -2.44. The molecule has 1 aliphatic carbocycles. The van der Waals surface area contributed by atoms with Crippen LogP contribution in [0, 0.1) is 5.92 Å². The van der Waals surface area contributed by atoms with E-state index in [1.54, 1.807) is 6.07 Å². The molecule has 132 valence electrons. The highest BCUT2D eigenvalue weighted by atomic mass is 79.9. The van der Waals surface area contributed by atoms with Crippen LogP contribution in [0.25, 0.3) is 10.9 Å². The number of carbonyl (C=O) groups excluding carboxylic acids is 1. The first-order valence-corrected chi connectivity index (χ1v) is 9.87. The summed E-state index contributed by atoms with van der Waals surface area (Å²) in [5, 5.41) is 0.541.